The Morgan fingerprint density at radius 3 is 2.48 bits per heavy atom. The van der Waals surface area contributed by atoms with Crippen LogP contribution < -0.4 is 14.8 Å². The molecule has 0 aliphatic heterocycles. The maximum Gasteiger partial charge on any atom is 0.193 e. The van der Waals surface area contributed by atoms with Gasteiger partial charge in [0.25, 0.3) is 0 Å². The zero-order valence-corrected chi connectivity index (χ0v) is 13.8. The Labute approximate surface area is 128 Å². The van der Waals surface area contributed by atoms with Gasteiger partial charge >= 0.3 is 0 Å². The van der Waals surface area contributed by atoms with E-state index < -0.39 is 0 Å². The van der Waals surface area contributed by atoms with Gasteiger partial charge in [0.1, 0.15) is 0 Å². The number of guanidine groups is 1. The Bertz CT molecular complexity index is 461. The molecule has 0 aliphatic rings. The Morgan fingerprint density at radius 2 is 1.90 bits per heavy atom. The minimum absolute atomic E-state index is 0.760. The average Bonchev–Trinajstić information content (AvgIpc) is 2.52. The highest BCUT2D eigenvalue weighted by Crippen LogP contribution is 2.27. The summed E-state index contributed by atoms with van der Waals surface area (Å²) in [7, 11) is 5.36. The van der Waals surface area contributed by atoms with Crippen molar-refractivity contribution in [3.05, 3.63) is 23.8 Å². The molecule has 1 N–H and O–H groups in total. The second-order valence-corrected chi connectivity index (χ2v) is 4.69. The lowest BCUT2D eigenvalue weighted by molar-refractivity contribution is 0.354. The normalized spacial score (nSPS) is 11.2. The van der Waals surface area contributed by atoms with E-state index in [2.05, 4.69) is 35.2 Å². The minimum atomic E-state index is 0.760. The number of methoxy groups -OCH3 is 2. The van der Waals surface area contributed by atoms with Crippen molar-refractivity contribution < 1.29 is 9.47 Å². The molecule has 0 atom stereocenters. The van der Waals surface area contributed by atoms with Crippen LogP contribution in [0.25, 0.3) is 0 Å². The molecule has 1 rings (SSSR count). The van der Waals surface area contributed by atoms with Crippen molar-refractivity contribution in [2.75, 3.05) is 40.9 Å². The van der Waals surface area contributed by atoms with Crippen LogP contribution in [-0.2, 0) is 6.42 Å². The summed E-state index contributed by atoms with van der Waals surface area (Å²) in [5, 5.41) is 3.29. The van der Waals surface area contributed by atoms with Crippen molar-refractivity contribution in [1.82, 2.24) is 10.2 Å². The van der Waals surface area contributed by atoms with Gasteiger partial charge in [-0.2, -0.15) is 0 Å². The molecular formula is C16H27N3O2. The summed E-state index contributed by atoms with van der Waals surface area (Å²) >= 11 is 0. The predicted octanol–water partition coefficient (Wildman–Crippen LogP) is 2.16. The van der Waals surface area contributed by atoms with Crippen LogP contribution in [-0.4, -0.2) is 51.8 Å². The van der Waals surface area contributed by atoms with Gasteiger partial charge in [-0.25, -0.2) is 0 Å². The van der Waals surface area contributed by atoms with Crippen LogP contribution in [0.15, 0.2) is 23.2 Å². The molecule has 1 aromatic carbocycles. The molecule has 5 heteroatoms. The first-order valence-electron chi connectivity index (χ1n) is 7.36. The molecule has 1 aromatic rings. The third-order valence-electron chi connectivity index (χ3n) is 3.19. The second-order valence-electron chi connectivity index (χ2n) is 4.69. The van der Waals surface area contributed by atoms with Crippen LogP contribution in [0.1, 0.15) is 19.4 Å². The largest absolute Gasteiger partial charge is 0.493 e. The van der Waals surface area contributed by atoms with Gasteiger partial charge in [-0.15, -0.1) is 0 Å². The number of benzene rings is 1. The van der Waals surface area contributed by atoms with Gasteiger partial charge in [0.15, 0.2) is 17.5 Å². The lowest BCUT2D eigenvalue weighted by atomic mass is 10.1. The van der Waals surface area contributed by atoms with Crippen molar-refractivity contribution in [3.8, 4) is 11.5 Å². The van der Waals surface area contributed by atoms with E-state index in [0.717, 1.165) is 43.5 Å². The van der Waals surface area contributed by atoms with E-state index in [4.69, 9.17) is 9.47 Å². The first-order valence-corrected chi connectivity index (χ1v) is 7.36. The predicted molar refractivity (Wildman–Crippen MR) is 87.5 cm³/mol. The van der Waals surface area contributed by atoms with E-state index in [9.17, 15) is 0 Å². The van der Waals surface area contributed by atoms with Gasteiger partial charge in [-0.05, 0) is 38.0 Å². The summed E-state index contributed by atoms with van der Waals surface area (Å²) in [6, 6.07) is 6.04. The highest BCUT2D eigenvalue weighted by molar-refractivity contribution is 5.79. The van der Waals surface area contributed by atoms with E-state index in [1.54, 1.807) is 14.2 Å². The molecule has 0 saturated carbocycles. The first kappa shape index (κ1) is 17.1. The van der Waals surface area contributed by atoms with Crippen molar-refractivity contribution in [3.63, 3.8) is 0 Å². The molecule has 0 saturated heterocycles. The third-order valence-corrected chi connectivity index (χ3v) is 3.19. The zero-order valence-electron chi connectivity index (χ0n) is 13.8. The highest BCUT2D eigenvalue weighted by atomic mass is 16.5. The fourth-order valence-corrected chi connectivity index (χ4v) is 2.06. The molecule has 21 heavy (non-hydrogen) atoms. The average molecular weight is 293 g/mol. The second kappa shape index (κ2) is 9.10. The number of nitrogens with zero attached hydrogens (tertiary/aromatic N) is 2. The summed E-state index contributed by atoms with van der Waals surface area (Å²) in [4.78, 5) is 6.62. The fourth-order valence-electron chi connectivity index (χ4n) is 2.06. The Hall–Kier alpha value is -1.91. The molecule has 0 amide bonds. The van der Waals surface area contributed by atoms with E-state index in [1.165, 1.54) is 5.56 Å². The Kier molecular flexibility index (Phi) is 7.43. The Morgan fingerprint density at radius 1 is 1.19 bits per heavy atom. The molecule has 0 aliphatic carbocycles. The standard InChI is InChI=1S/C16H27N3O2/c1-6-17-16(18-7-2)19(3)11-10-13-8-9-14(20-4)15(12-13)21-5/h8-9,12H,6-7,10-11H2,1-5H3,(H,17,18). The van der Waals surface area contributed by atoms with Crippen LogP contribution in [0.4, 0.5) is 0 Å². The van der Waals surface area contributed by atoms with Crippen LogP contribution in [0, 0.1) is 0 Å². The van der Waals surface area contributed by atoms with E-state index in [0.29, 0.717) is 0 Å². The molecule has 0 unspecified atom stereocenters. The van der Waals surface area contributed by atoms with Crippen LogP contribution >= 0.6 is 0 Å². The molecule has 0 radical (unpaired) electrons. The van der Waals surface area contributed by atoms with Gasteiger partial charge in [-0.1, -0.05) is 6.07 Å². The van der Waals surface area contributed by atoms with Crippen LogP contribution in [0.3, 0.4) is 0 Å². The fraction of sp³-hybridized carbons (Fsp3) is 0.562. The molecule has 0 heterocycles. The lowest BCUT2D eigenvalue weighted by Gasteiger charge is -2.22. The molecule has 5 nitrogen and oxygen atoms in total. The summed E-state index contributed by atoms with van der Waals surface area (Å²) in [6.07, 6.45) is 0.922. The maximum atomic E-state index is 5.33. The molecule has 118 valence electrons. The topological polar surface area (TPSA) is 46.1 Å². The van der Waals surface area contributed by atoms with Crippen molar-refractivity contribution in [2.45, 2.75) is 20.3 Å². The van der Waals surface area contributed by atoms with Gasteiger partial charge in [0, 0.05) is 26.7 Å². The number of hydrogen-bond donors (Lipinski definition) is 1. The smallest absolute Gasteiger partial charge is 0.193 e. The maximum absolute atomic E-state index is 5.33. The Balaban J connectivity index is 2.67. The molecular weight excluding hydrogens is 266 g/mol. The van der Waals surface area contributed by atoms with E-state index >= 15 is 0 Å². The summed E-state index contributed by atoms with van der Waals surface area (Å²) in [5.41, 5.74) is 1.21. The number of aliphatic imine (C=N–C) groups is 1. The summed E-state index contributed by atoms with van der Waals surface area (Å²) < 4.78 is 10.6. The zero-order chi connectivity index (χ0) is 15.7. The summed E-state index contributed by atoms with van der Waals surface area (Å²) in [5.74, 6) is 2.47. The van der Waals surface area contributed by atoms with Crippen LogP contribution in [0.5, 0.6) is 11.5 Å². The van der Waals surface area contributed by atoms with Crippen LogP contribution in [0.2, 0.25) is 0 Å². The molecule has 0 bridgehead atoms. The highest BCUT2D eigenvalue weighted by Gasteiger charge is 2.08. The van der Waals surface area contributed by atoms with Gasteiger partial charge in [0.2, 0.25) is 0 Å². The SMILES string of the molecule is CCN=C(NCC)N(C)CCc1ccc(OC)c(OC)c1. The van der Waals surface area contributed by atoms with Gasteiger partial charge in [0.05, 0.1) is 14.2 Å². The number of nitrogens with one attached hydrogen (secondary N) is 1. The van der Waals surface area contributed by atoms with Crippen molar-refractivity contribution in [2.24, 2.45) is 4.99 Å². The first-order chi connectivity index (χ1) is 10.2. The minimum Gasteiger partial charge on any atom is -0.493 e. The third kappa shape index (κ3) is 5.17. The molecule has 0 aromatic heterocycles. The monoisotopic (exact) mass is 293 g/mol. The molecule has 0 spiro atoms. The van der Waals surface area contributed by atoms with Crippen molar-refractivity contribution in [1.29, 1.82) is 0 Å². The quantitative estimate of drug-likeness (QED) is 0.618. The number of ether oxygens (including phenoxy) is 2. The van der Waals surface area contributed by atoms with Gasteiger partial charge in [-0.3, -0.25) is 4.99 Å². The van der Waals surface area contributed by atoms with Crippen molar-refractivity contribution >= 4 is 5.96 Å². The number of rotatable bonds is 7. The van der Waals surface area contributed by atoms with E-state index in [-0.39, 0.29) is 0 Å². The number of likely N-dealkylation sites (N-methyl/N-ethyl adjacent to an activating group) is 1. The van der Waals surface area contributed by atoms with Gasteiger partial charge < -0.3 is 19.7 Å². The van der Waals surface area contributed by atoms with E-state index in [1.807, 2.05) is 19.1 Å². The number of hydrogen-bond acceptors (Lipinski definition) is 3. The summed E-state index contributed by atoms with van der Waals surface area (Å²) in [6.45, 7) is 6.66. The lowest BCUT2D eigenvalue weighted by Crippen LogP contribution is -2.40. The molecule has 0 fully saturated rings.